The van der Waals surface area contributed by atoms with Crippen LogP contribution in [0.15, 0.2) is 12.2 Å². The molecule has 1 rings (SSSR count). The van der Waals surface area contributed by atoms with Crippen LogP contribution in [0.3, 0.4) is 0 Å². The Balaban J connectivity index is 2.42. The second-order valence-electron chi connectivity index (χ2n) is 17.3. The first-order chi connectivity index (χ1) is 29.4. The van der Waals surface area contributed by atoms with Gasteiger partial charge in [-0.05, 0) is 38.5 Å². The van der Waals surface area contributed by atoms with Gasteiger partial charge in [-0.3, -0.25) is 18.6 Å². The molecule has 0 saturated heterocycles. The first kappa shape index (κ1) is 57.6. The van der Waals surface area contributed by atoms with Crippen molar-refractivity contribution in [1.29, 1.82) is 0 Å². The Bertz CT molecular complexity index is 1120. The van der Waals surface area contributed by atoms with Crippen LogP contribution in [0.4, 0.5) is 0 Å². The van der Waals surface area contributed by atoms with E-state index >= 15 is 0 Å². The van der Waals surface area contributed by atoms with Crippen LogP contribution in [0, 0.1) is 0 Å². The molecule has 0 aromatic rings. The van der Waals surface area contributed by atoms with E-state index in [1.165, 1.54) is 122 Å². The van der Waals surface area contributed by atoms with Gasteiger partial charge in [0, 0.05) is 12.8 Å². The number of rotatable bonds is 41. The SMILES string of the molecule is CCCCCCC/C=C\CCCCCCCC(=O)OC[C@H](COP(=O)(O)OC1C(O)C(O)C(O)[C@@H](O)C1O)OC(=O)CCCCCCCCCCCCCCCCCCCC. The molecule has 61 heavy (non-hydrogen) atoms. The summed E-state index contributed by atoms with van der Waals surface area (Å²) in [5.74, 6) is -1.10. The van der Waals surface area contributed by atoms with Gasteiger partial charge in [-0.1, -0.05) is 180 Å². The topological polar surface area (TPSA) is 210 Å². The second-order valence-corrected chi connectivity index (χ2v) is 18.7. The highest BCUT2D eigenvalue weighted by Gasteiger charge is 2.51. The smallest absolute Gasteiger partial charge is 0.462 e. The Labute approximate surface area is 369 Å². The number of carbonyl (C=O) groups is 2. The fraction of sp³-hybridized carbons (Fsp3) is 0.915. The number of esters is 2. The molecule has 13 nitrogen and oxygen atoms in total. The van der Waals surface area contributed by atoms with Crippen molar-refractivity contribution in [1.82, 2.24) is 0 Å². The summed E-state index contributed by atoms with van der Waals surface area (Å²) in [4.78, 5) is 35.7. The van der Waals surface area contributed by atoms with Crippen molar-refractivity contribution in [2.75, 3.05) is 13.2 Å². The third kappa shape index (κ3) is 30.4. The number of phosphoric ester groups is 1. The maximum Gasteiger partial charge on any atom is 0.472 e. The predicted molar refractivity (Wildman–Crippen MR) is 240 cm³/mol. The van der Waals surface area contributed by atoms with Gasteiger partial charge in [-0.15, -0.1) is 0 Å². The summed E-state index contributed by atoms with van der Waals surface area (Å²) in [5, 5.41) is 50.2. The molecule has 0 amide bonds. The van der Waals surface area contributed by atoms with Gasteiger partial charge in [0.05, 0.1) is 6.61 Å². The van der Waals surface area contributed by atoms with Gasteiger partial charge in [0.2, 0.25) is 0 Å². The molecule has 8 atom stereocenters. The highest BCUT2D eigenvalue weighted by molar-refractivity contribution is 7.47. The Morgan fingerprint density at radius 1 is 0.492 bits per heavy atom. The van der Waals surface area contributed by atoms with E-state index in [0.717, 1.165) is 57.8 Å². The Hall–Kier alpha value is -1.41. The van der Waals surface area contributed by atoms with Crippen LogP contribution in [0.1, 0.15) is 219 Å². The van der Waals surface area contributed by atoms with Gasteiger partial charge < -0.3 is 39.9 Å². The normalized spacial score (nSPS) is 22.0. The van der Waals surface area contributed by atoms with Gasteiger partial charge in [-0.25, -0.2) is 4.57 Å². The van der Waals surface area contributed by atoms with Gasteiger partial charge >= 0.3 is 19.8 Å². The molecular formula is C47H89O13P. The van der Waals surface area contributed by atoms with Crippen LogP contribution in [0.2, 0.25) is 0 Å². The van der Waals surface area contributed by atoms with Crippen molar-refractivity contribution >= 4 is 19.8 Å². The monoisotopic (exact) mass is 893 g/mol. The van der Waals surface area contributed by atoms with Crippen molar-refractivity contribution in [3.05, 3.63) is 12.2 Å². The zero-order valence-electron chi connectivity index (χ0n) is 38.2. The number of carbonyl (C=O) groups excluding carboxylic acids is 2. The molecule has 0 bridgehead atoms. The molecule has 6 N–H and O–H groups in total. The van der Waals surface area contributed by atoms with E-state index in [2.05, 4.69) is 26.0 Å². The molecule has 0 heterocycles. The number of hydrogen-bond donors (Lipinski definition) is 6. The summed E-state index contributed by atoms with van der Waals surface area (Å²) in [7, 11) is -5.11. The first-order valence-electron chi connectivity index (χ1n) is 24.5. The molecule has 0 aromatic heterocycles. The molecule has 1 saturated carbocycles. The number of phosphoric acid groups is 1. The Morgan fingerprint density at radius 2 is 0.836 bits per heavy atom. The fourth-order valence-electron chi connectivity index (χ4n) is 7.64. The van der Waals surface area contributed by atoms with Crippen LogP contribution >= 0.6 is 7.82 Å². The highest BCUT2D eigenvalue weighted by atomic mass is 31.2. The van der Waals surface area contributed by atoms with E-state index in [9.17, 15) is 44.6 Å². The third-order valence-corrected chi connectivity index (χ3v) is 12.6. The van der Waals surface area contributed by atoms with Crippen molar-refractivity contribution in [2.45, 2.75) is 262 Å². The van der Waals surface area contributed by atoms with E-state index in [-0.39, 0.29) is 12.8 Å². The summed E-state index contributed by atoms with van der Waals surface area (Å²) in [5.41, 5.74) is 0. The molecule has 6 unspecified atom stereocenters. The van der Waals surface area contributed by atoms with Gasteiger partial charge in [0.15, 0.2) is 6.10 Å². The van der Waals surface area contributed by atoms with Crippen LogP contribution in [-0.2, 0) is 32.7 Å². The summed E-state index contributed by atoms with van der Waals surface area (Å²) in [6.07, 6.45) is 26.9. The molecule has 360 valence electrons. The lowest BCUT2D eigenvalue weighted by atomic mass is 9.85. The van der Waals surface area contributed by atoms with E-state index < -0.39 is 75.7 Å². The lowest BCUT2D eigenvalue weighted by Crippen LogP contribution is -2.64. The van der Waals surface area contributed by atoms with Gasteiger partial charge in [-0.2, -0.15) is 0 Å². The number of aliphatic hydroxyl groups excluding tert-OH is 5. The van der Waals surface area contributed by atoms with Gasteiger partial charge in [0.1, 0.15) is 43.2 Å². The largest absolute Gasteiger partial charge is 0.472 e. The maximum atomic E-state index is 12.8. The van der Waals surface area contributed by atoms with Crippen molar-refractivity contribution < 1.29 is 63.1 Å². The van der Waals surface area contributed by atoms with E-state index in [1.54, 1.807) is 0 Å². The molecule has 0 aliphatic heterocycles. The molecule has 0 aromatic carbocycles. The number of aliphatic hydroxyl groups is 5. The maximum absolute atomic E-state index is 12.8. The quantitative estimate of drug-likeness (QED) is 0.0146. The minimum absolute atomic E-state index is 0.101. The van der Waals surface area contributed by atoms with Crippen molar-refractivity contribution in [3.63, 3.8) is 0 Å². The van der Waals surface area contributed by atoms with E-state index in [0.29, 0.717) is 12.8 Å². The minimum Gasteiger partial charge on any atom is -0.462 e. The molecular weight excluding hydrogens is 803 g/mol. The molecule has 1 fully saturated rings. The van der Waals surface area contributed by atoms with Crippen LogP contribution in [0.5, 0.6) is 0 Å². The standard InChI is InChI=1S/C47H89O13P/c1-3-5-7-9-11-13-15-17-19-20-21-22-24-26-28-30-32-34-36-41(49)59-39(38-58-61(55,56)60-47-45(53)43(51)42(50)44(52)46(47)54)37-57-40(48)35-33-31-29-27-25-23-18-16-14-12-10-8-6-4-2/h16,18,39,42-47,50-54H,3-15,17,19-38H2,1-2H3,(H,55,56)/b18-16-/t39-,42?,43-,44?,45?,46?,47?/m1/s1. The minimum atomic E-state index is -5.11. The van der Waals surface area contributed by atoms with Crippen LogP contribution in [0.25, 0.3) is 0 Å². The lowest BCUT2D eigenvalue weighted by Gasteiger charge is -2.41. The van der Waals surface area contributed by atoms with E-state index in [4.69, 9.17) is 18.5 Å². The summed E-state index contributed by atoms with van der Waals surface area (Å²) in [6, 6.07) is 0. The number of ether oxygens (including phenoxy) is 2. The molecule has 0 spiro atoms. The van der Waals surface area contributed by atoms with Gasteiger partial charge in [0.25, 0.3) is 0 Å². The molecule has 1 aliphatic rings. The molecule has 1 aliphatic carbocycles. The highest BCUT2D eigenvalue weighted by Crippen LogP contribution is 2.47. The van der Waals surface area contributed by atoms with E-state index in [1.807, 2.05) is 0 Å². The zero-order valence-corrected chi connectivity index (χ0v) is 39.1. The third-order valence-electron chi connectivity index (χ3n) is 11.6. The summed E-state index contributed by atoms with van der Waals surface area (Å²) in [6.45, 7) is 3.31. The fourth-order valence-corrected chi connectivity index (χ4v) is 8.61. The number of hydrogen-bond acceptors (Lipinski definition) is 12. The molecule has 14 heteroatoms. The Kier molecular flexibility index (Phi) is 35.8. The van der Waals surface area contributed by atoms with Crippen molar-refractivity contribution in [2.24, 2.45) is 0 Å². The number of unbranched alkanes of at least 4 members (excludes halogenated alkanes) is 27. The van der Waals surface area contributed by atoms with Crippen molar-refractivity contribution in [3.8, 4) is 0 Å². The first-order valence-corrected chi connectivity index (χ1v) is 26.0. The van der Waals surface area contributed by atoms with Crippen LogP contribution < -0.4 is 0 Å². The average Bonchev–Trinajstić information content (AvgIpc) is 3.24. The Morgan fingerprint density at radius 3 is 1.25 bits per heavy atom. The number of allylic oxidation sites excluding steroid dienone is 2. The molecule has 0 radical (unpaired) electrons. The average molecular weight is 893 g/mol. The summed E-state index contributed by atoms with van der Waals surface area (Å²) >= 11 is 0. The zero-order chi connectivity index (χ0) is 45.0. The lowest BCUT2D eigenvalue weighted by molar-refractivity contribution is -0.220. The summed E-state index contributed by atoms with van der Waals surface area (Å²) < 4.78 is 33.6. The second kappa shape index (κ2) is 37.9. The van der Waals surface area contributed by atoms with Crippen LogP contribution in [-0.4, -0.2) is 98.3 Å². The predicted octanol–water partition coefficient (Wildman–Crippen LogP) is 9.84.